The number of aromatic nitrogens is 2. The van der Waals surface area contributed by atoms with Crippen molar-refractivity contribution >= 4 is 21.4 Å². The van der Waals surface area contributed by atoms with Crippen LogP contribution in [-0.2, 0) is 16.6 Å². The van der Waals surface area contributed by atoms with Crippen molar-refractivity contribution < 1.29 is 8.42 Å². The Morgan fingerprint density at radius 1 is 1.39 bits per heavy atom. The molecule has 0 aliphatic rings. The molecule has 18 heavy (non-hydrogen) atoms. The second-order valence-electron chi connectivity index (χ2n) is 3.75. The summed E-state index contributed by atoms with van der Waals surface area (Å²) in [5, 5.41) is 0.933. The van der Waals surface area contributed by atoms with E-state index >= 15 is 0 Å². The van der Waals surface area contributed by atoms with Gasteiger partial charge in [-0.05, 0) is 26.0 Å². The van der Waals surface area contributed by atoms with E-state index in [-0.39, 0.29) is 11.4 Å². The van der Waals surface area contributed by atoms with Crippen molar-refractivity contribution in [1.29, 1.82) is 0 Å². The molecule has 0 saturated carbocycles. The minimum absolute atomic E-state index is 0.170. The van der Waals surface area contributed by atoms with E-state index in [0.29, 0.717) is 0 Å². The molecule has 5 nitrogen and oxygen atoms in total. The lowest BCUT2D eigenvalue weighted by Crippen LogP contribution is -2.23. The van der Waals surface area contributed by atoms with Crippen molar-refractivity contribution in [2.45, 2.75) is 25.3 Å². The second-order valence-corrected chi connectivity index (χ2v) is 6.81. The highest BCUT2D eigenvalue weighted by Gasteiger charge is 2.15. The van der Waals surface area contributed by atoms with Gasteiger partial charge in [-0.15, -0.1) is 11.3 Å². The van der Waals surface area contributed by atoms with Gasteiger partial charge in [0.1, 0.15) is 4.90 Å². The zero-order valence-corrected chi connectivity index (χ0v) is 11.7. The lowest BCUT2D eigenvalue weighted by Gasteiger charge is -2.05. The lowest BCUT2D eigenvalue weighted by atomic mass is 10.4. The SMILES string of the molecule is Cc1nc(C)c(CNS(=O)(=O)c2cccnc2)s1. The summed E-state index contributed by atoms with van der Waals surface area (Å²) >= 11 is 1.50. The van der Waals surface area contributed by atoms with Gasteiger partial charge in [-0.3, -0.25) is 4.98 Å². The number of pyridine rings is 1. The molecule has 2 aromatic heterocycles. The molecule has 0 spiro atoms. The Morgan fingerprint density at radius 2 is 2.17 bits per heavy atom. The molecule has 2 aromatic rings. The van der Waals surface area contributed by atoms with Crippen LogP contribution in [0.1, 0.15) is 15.6 Å². The summed E-state index contributed by atoms with van der Waals surface area (Å²) in [4.78, 5) is 9.16. The van der Waals surface area contributed by atoms with Crippen LogP contribution >= 0.6 is 11.3 Å². The summed E-state index contributed by atoms with van der Waals surface area (Å²) in [6.45, 7) is 4.03. The fraction of sp³-hybridized carbons (Fsp3) is 0.273. The van der Waals surface area contributed by atoms with Gasteiger partial charge in [-0.2, -0.15) is 0 Å². The average Bonchev–Trinajstić information content (AvgIpc) is 2.67. The van der Waals surface area contributed by atoms with Gasteiger partial charge >= 0.3 is 0 Å². The van der Waals surface area contributed by atoms with E-state index in [1.807, 2.05) is 13.8 Å². The van der Waals surface area contributed by atoms with Gasteiger partial charge in [0.25, 0.3) is 0 Å². The van der Waals surface area contributed by atoms with E-state index in [1.165, 1.54) is 29.8 Å². The maximum atomic E-state index is 12.0. The fourth-order valence-electron chi connectivity index (χ4n) is 1.49. The van der Waals surface area contributed by atoms with E-state index in [1.54, 1.807) is 6.07 Å². The predicted octanol–water partition coefficient (Wildman–Crippen LogP) is 1.63. The molecule has 0 saturated heterocycles. The van der Waals surface area contributed by atoms with Crippen LogP contribution in [0.3, 0.4) is 0 Å². The van der Waals surface area contributed by atoms with Crippen LogP contribution in [0.4, 0.5) is 0 Å². The Bertz CT molecular complexity index is 636. The Kier molecular flexibility index (Phi) is 3.74. The Labute approximate surface area is 110 Å². The molecule has 0 atom stereocenters. The van der Waals surface area contributed by atoms with Crippen molar-refractivity contribution in [1.82, 2.24) is 14.7 Å². The predicted molar refractivity (Wildman–Crippen MR) is 69.9 cm³/mol. The molecular formula is C11H13N3O2S2. The number of aryl methyl sites for hydroxylation is 2. The van der Waals surface area contributed by atoms with Crippen LogP contribution in [0.5, 0.6) is 0 Å². The Morgan fingerprint density at radius 3 is 2.72 bits per heavy atom. The van der Waals surface area contributed by atoms with Gasteiger partial charge in [-0.1, -0.05) is 0 Å². The number of hydrogen-bond donors (Lipinski definition) is 1. The fourth-order valence-corrected chi connectivity index (χ4v) is 3.41. The zero-order chi connectivity index (χ0) is 13.2. The summed E-state index contributed by atoms with van der Waals surface area (Å²) < 4.78 is 26.5. The van der Waals surface area contributed by atoms with Crippen LogP contribution in [0.25, 0.3) is 0 Å². The highest BCUT2D eigenvalue weighted by atomic mass is 32.2. The second kappa shape index (κ2) is 5.13. The molecule has 7 heteroatoms. The molecule has 2 heterocycles. The van der Waals surface area contributed by atoms with Crippen LogP contribution in [0, 0.1) is 13.8 Å². The molecule has 0 aliphatic carbocycles. The van der Waals surface area contributed by atoms with Crippen LogP contribution < -0.4 is 4.72 Å². The molecule has 1 N–H and O–H groups in total. The number of nitrogens with one attached hydrogen (secondary N) is 1. The van der Waals surface area contributed by atoms with E-state index < -0.39 is 10.0 Å². The lowest BCUT2D eigenvalue weighted by molar-refractivity contribution is 0.581. The van der Waals surface area contributed by atoms with Gasteiger partial charge in [-0.25, -0.2) is 18.1 Å². The number of sulfonamides is 1. The van der Waals surface area contributed by atoms with Crippen molar-refractivity contribution in [3.8, 4) is 0 Å². The number of nitrogens with zero attached hydrogens (tertiary/aromatic N) is 2. The Hall–Kier alpha value is -1.31. The highest BCUT2D eigenvalue weighted by molar-refractivity contribution is 7.89. The summed E-state index contributed by atoms with van der Waals surface area (Å²) in [6.07, 6.45) is 2.86. The largest absolute Gasteiger partial charge is 0.263 e. The first-order chi connectivity index (χ1) is 8.49. The first-order valence-corrected chi connectivity index (χ1v) is 7.61. The van der Waals surface area contributed by atoms with Gasteiger partial charge in [0.2, 0.25) is 10.0 Å². The van der Waals surface area contributed by atoms with Gasteiger partial charge in [0.05, 0.1) is 10.7 Å². The molecular weight excluding hydrogens is 270 g/mol. The molecule has 0 bridgehead atoms. The van der Waals surface area contributed by atoms with Crippen molar-refractivity contribution in [2.75, 3.05) is 0 Å². The minimum Gasteiger partial charge on any atom is -0.263 e. The van der Waals surface area contributed by atoms with Crippen molar-refractivity contribution in [3.05, 3.63) is 40.1 Å². The quantitative estimate of drug-likeness (QED) is 0.925. The monoisotopic (exact) mass is 283 g/mol. The third kappa shape index (κ3) is 2.92. The molecule has 0 fully saturated rings. The Balaban J connectivity index is 2.13. The third-order valence-corrected chi connectivity index (χ3v) is 4.83. The molecule has 0 aromatic carbocycles. The van der Waals surface area contributed by atoms with Crippen molar-refractivity contribution in [2.24, 2.45) is 0 Å². The topological polar surface area (TPSA) is 72.0 Å². The van der Waals surface area contributed by atoms with E-state index in [2.05, 4.69) is 14.7 Å². The third-order valence-electron chi connectivity index (χ3n) is 2.37. The van der Waals surface area contributed by atoms with Crippen LogP contribution in [-0.4, -0.2) is 18.4 Å². The standard InChI is InChI=1S/C11H13N3O2S2/c1-8-11(17-9(2)14-8)7-13-18(15,16)10-4-3-5-12-6-10/h3-6,13H,7H2,1-2H3. The van der Waals surface area contributed by atoms with Crippen LogP contribution in [0.15, 0.2) is 29.4 Å². The van der Waals surface area contributed by atoms with Gasteiger partial charge in [0, 0.05) is 23.8 Å². The average molecular weight is 283 g/mol. The number of hydrogen-bond acceptors (Lipinski definition) is 5. The van der Waals surface area contributed by atoms with Gasteiger partial charge < -0.3 is 0 Å². The molecule has 96 valence electrons. The molecule has 0 radical (unpaired) electrons. The first-order valence-electron chi connectivity index (χ1n) is 5.31. The summed E-state index contributed by atoms with van der Waals surface area (Å²) in [5.41, 5.74) is 0.867. The number of thiazole rings is 1. The highest BCUT2D eigenvalue weighted by Crippen LogP contribution is 2.17. The smallest absolute Gasteiger partial charge is 0.242 e. The van der Waals surface area contributed by atoms with E-state index in [9.17, 15) is 8.42 Å². The molecule has 0 amide bonds. The van der Waals surface area contributed by atoms with Crippen molar-refractivity contribution in [3.63, 3.8) is 0 Å². The first kappa shape index (κ1) is 13.1. The van der Waals surface area contributed by atoms with E-state index in [4.69, 9.17) is 0 Å². The zero-order valence-electron chi connectivity index (χ0n) is 10.0. The van der Waals surface area contributed by atoms with Crippen LogP contribution in [0.2, 0.25) is 0 Å². The molecule has 2 rings (SSSR count). The van der Waals surface area contributed by atoms with E-state index in [0.717, 1.165) is 15.6 Å². The summed E-state index contributed by atoms with van der Waals surface area (Å²) in [7, 11) is -3.50. The number of rotatable bonds is 4. The van der Waals surface area contributed by atoms with Gasteiger partial charge in [0.15, 0.2) is 0 Å². The molecule has 0 aliphatic heterocycles. The maximum absolute atomic E-state index is 12.0. The maximum Gasteiger partial charge on any atom is 0.242 e. The molecule has 0 unspecified atom stereocenters. The summed E-state index contributed by atoms with van der Waals surface area (Å²) in [6, 6.07) is 3.11. The minimum atomic E-state index is -3.50. The summed E-state index contributed by atoms with van der Waals surface area (Å²) in [5.74, 6) is 0. The normalized spacial score (nSPS) is 11.7.